The van der Waals surface area contributed by atoms with Gasteiger partial charge in [0.15, 0.2) is 0 Å². The fourth-order valence-electron chi connectivity index (χ4n) is 2.10. The van der Waals surface area contributed by atoms with Crippen molar-refractivity contribution >= 4 is 0 Å². The van der Waals surface area contributed by atoms with Gasteiger partial charge >= 0.3 is 0 Å². The van der Waals surface area contributed by atoms with Crippen LogP contribution in [0.2, 0.25) is 0 Å². The molecule has 0 amide bonds. The van der Waals surface area contributed by atoms with E-state index in [0.717, 1.165) is 32.7 Å². The Morgan fingerprint density at radius 3 is 2.95 bits per heavy atom. The molecule has 19 heavy (non-hydrogen) atoms. The Hall–Kier alpha value is -1.59. The highest BCUT2D eigenvalue weighted by atomic mass is 16.5. The Kier molecular flexibility index (Phi) is 5.18. The number of nitrogens with zero attached hydrogens (tertiary/aromatic N) is 3. The minimum absolute atomic E-state index is 0.746. The fraction of sp³-hybridized carbons (Fsp3) is 0.500. The third kappa shape index (κ3) is 3.94. The van der Waals surface area contributed by atoms with E-state index in [1.54, 1.807) is 7.11 Å². The Morgan fingerprint density at radius 1 is 1.32 bits per heavy atom. The van der Waals surface area contributed by atoms with Crippen LogP contribution in [0.15, 0.2) is 30.6 Å². The van der Waals surface area contributed by atoms with Gasteiger partial charge in [-0.05, 0) is 18.2 Å². The lowest BCUT2D eigenvalue weighted by molar-refractivity contribution is 0.199. The number of aryl methyl sites for hydroxylation is 3. The topological polar surface area (TPSA) is 44.0 Å². The summed E-state index contributed by atoms with van der Waals surface area (Å²) in [6, 6.07) is 6.32. The van der Waals surface area contributed by atoms with Crippen molar-refractivity contribution in [1.29, 1.82) is 0 Å². The quantitative estimate of drug-likeness (QED) is 0.727. The van der Waals surface area contributed by atoms with Crippen LogP contribution >= 0.6 is 0 Å². The van der Waals surface area contributed by atoms with Gasteiger partial charge in [0.05, 0.1) is 6.61 Å². The Balaban J connectivity index is 1.83. The molecule has 0 aliphatic carbocycles. The Labute approximate surface area is 114 Å². The van der Waals surface area contributed by atoms with Crippen molar-refractivity contribution in [2.45, 2.75) is 19.5 Å². The van der Waals surface area contributed by atoms with Crippen molar-refractivity contribution < 1.29 is 4.74 Å². The molecule has 5 nitrogen and oxygen atoms in total. The zero-order valence-corrected chi connectivity index (χ0v) is 11.7. The second kappa shape index (κ2) is 7.11. The maximum Gasteiger partial charge on any atom is 0.0587 e. The highest BCUT2D eigenvalue weighted by molar-refractivity contribution is 5.08. The Bertz CT molecular complexity index is 489. The van der Waals surface area contributed by atoms with E-state index in [-0.39, 0.29) is 0 Å². The molecule has 2 aromatic heterocycles. The fourth-order valence-corrected chi connectivity index (χ4v) is 2.10. The molecule has 0 saturated carbocycles. The van der Waals surface area contributed by atoms with Gasteiger partial charge in [-0.15, -0.1) is 0 Å². The van der Waals surface area contributed by atoms with E-state index < -0.39 is 0 Å². The minimum Gasteiger partial charge on any atom is -0.383 e. The van der Waals surface area contributed by atoms with Crippen LogP contribution in [0.5, 0.6) is 0 Å². The molecule has 0 bridgehead atoms. The molecule has 0 fully saturated rings. The molecular formula is C14H22N4O. The first-order valence-electron chi connectivity index (χ1n) is 6.62. The molecule has 0 radical (unpaired) electrons. The Morgan fingerprint density at radius 2 is 2.21 bits per heavy atom. The van der Waals surface area contributed by atoms with Gasteiger partial charge in [0.25, 0.3) is 0 Å². The average molecular weight is 262 g/mol. The van der Waals surface area contributed by atoms with Gasteiger partial charge in [-0.2, -0.15) is 5.10 Å². The minimum atomic E-state index is 0.746. The SMILES string of the molecule is COCCNCc1cccn1CCc1ccnn1C. The van der Waals surface area contributed by atoms with Crippen LogP contribution in [0, 0.1) is 0 Å². The van der Waals surface area contributed by atoms with E-state index in [9.17, 15) is 0 Å². The van der Waals surface area contributed by atoms with Crippen molar-refractivity contribution in [3.63, 3.8) is 0 Å². The van der Waals surface area contributed by atoms with E-state index in [0.29, 0.717) is 0 Å². The van der Waals surface area contributed by atoms with E-state index in [1.807, 2.05) is 17.9 Å². The molecule has 5 heteroatoms. The highest BCUT2D eigenvalue weighted by Crippen LogP contribution is 2.05. The van der Waals surface area contributed by atoms with Gasteiger partial charge in [-0.3, -0.25) is 4.68 Å². The zero-order valence-electron chi connectivity index (χ0n) is 11.7. The lowest BCUT2D eigenvalue weighted by atomic mass is 10.3. The maximum atomic E-state index is 5.02. The summed E-state index contributed by atoms with van der Waals surface area (Å²) >= 11 is 0. The molecule has 2 rings (SSSR count). The first-order valence-corrected chi connectivity index (χ1v) is 6.62. The molecule has 0 aliphatic heterocycles. The molecule has 1 N–H and O–H groups in total. The first-order chi connectivity index (χ1) is 9.31. The van der Waals surface area contributed by atoms with Crippen LogP contribution in [0.1, 0.15) is 11.4 Å². The third-order valence-electron chi connectivity index (χ3n) is 3.24. The highest BCUT2D eigenvalue weighted by Gasteiger charge is 2.03. The number of hydrogen-bond acceptors (Lipinski definition) is 3. The van der Waals surface area contributed by atoms with Crippen molar-refractivity contribution in [3.8, 4) is 0 Å². The number of hydrogen-bond donors (Lipinski definition) is 1. The summed E-state index contributed by atoms with van der Waals surface area (Å²) in [4.78, 5) is 0. The number of aromatic nitrogens is 3. The maximum absolute atomic E-state index is 5.02. The molecule has 2 aromatic rings. The predicted molar refractivity (Wildman–Crippen MR) is 74.9 cm³/mol. The van der Waals surface area contributed by atoms with Gasteiger partial charge in [0, 0.05) is 64.0 Å². The largest absolute Gasteiger partial charge is 0.383 e. The van der Waals surface area contributed by atoms with Crippen LogP contribution in [-0.4, -0.2) is 34.6 Å². The van der Waals surface area contributed by atoms with Crippen molar-refractivity contribution in [2.75, 3.05) is 20.3 Å². The van der Waals surface area contributed by atoms with E-state index in [1.165, 1.54) is 11.4 Å². The summed E-state index contributed by atoms with van der Waals surface area (Å²) in [7, 11) is 3.70. The third-order valence-corrected chi connectivity index (χ3v) is 3.24. The van der Waals surface area contributed by atoms with Gasteiger partial charge in [0.2, 0.25) is 0 Å². The van der Waals surface area contributed by atoms with Crippen LogP contribution in [0.25, 0.3) is 0 Å². The van der Waals surface area contributed by atoms with Gasteiger partial charge in [-0.25, -0.2) is 0 Å². The average Bonchev–Trinajstić information content (AvgIpc) is 3.01. The molecule has 0 aliphatic rings. The van der Waals surface area contributed by atoms with E-state index in [4.69, 9.17) is 4.74 Å². The van der Waals surface area contributed by atoms with Crippen LogP contribution in [0.4, 0.5) is 0 Å². The second-order valence-corrected chi connectivity index (χ2v) is 4.56. The van der Waals surface area contributed by atoms with Crippen LogP contribution in [0.3, 0.4) is 0 Å². The molecule has 0 spiro atoms. The summed E-state index contributed by atoms with van der Waals surface area (Å²) in [5, 5.41) is 7.56. The summed E-state index contributed by atoms with van der Waals surface area (Å²) in [6.07, 6.45) is 4.97. The lowest BCUT2D eigenvalue weighted by Crippen LogP contribution is -2.20. The smallest absolute Gasteiger partial charge is 0.0587 e. The second-order valence-electron chi connectivity index (χ2n) is 4.56. The predicted octanol–water partition coefficient (Wildman–Crippen LogP) is 1.20. The molecule has 2 heterocycles. The van der Waals surface area contributed by atoms with Crippen molar-refractivity contribution in [2.24, 2.45) is 7.05 Å². The number of methoxy groups -OCH3 is 1. The van der Waals surface area contributed by atoms with Gasteiger partial charge in [0.1, 0.15) is 0 Å². The summed E-state index contributed by atoms with van der Waals surface area (Å²) in [5.74, 6) is 0. The van der Waals surface area contributed by atoms with E-state index in [2.05, 4.69) is 39.4 Å². The molecule has 0 atom stereocenters. The van der Waals surface area contributed by atoms with Crippen molar-refractivity contribution in [3.05, 3.63) is 42.0 Å². The number of ether oxygens (including phenoxy) is 1. The monoisotopic (exact) mass is 262 g/mol. The molecule has 0 saturated heterocycles. The van der Waals surface area contributed by atoms with Gasteiger partial charge in [-0.1, -0.05) is 0 Å². The molecule has 0 unspecified atom stereocenters. The molecule has 0 aromatic carbocycles. The lowest BCUT2D eigenvalue weighted by Gasteiger charge is -2.10. The molecule has 104 valence electrons. The van der Waals surface area contributed by atoms with E-state index >= 15 is 0 Å². The summed E-state index contributed by atoms with van der Waals surface area (Å²) in [6.45, 7) is 3.48. The standard InChI is InChI=1S/C14H22N4O/c1-17-13(5-7-16-17)6-10-18-9-3-4-14(18)12-15-8-11-19-2/h3-5,7,9,15H,6,8,10-12H2,1-2H3. The normalized spacial score (nSPS) is 11.1. The zero-order chi connectivity index (χ0) is 13.5. The molecular weight excluding hydrogens is 240 g/mol. The summed E-state index contributed by atoms with van der Waals surface area (Å²) in [5.41, 5.74) is 2.56. The van der Waals surface area contributed by atoms with Gasteiger partial charge < -0.3 is 14.6 Å². The van der Waals surface area contributed by atoms with Crippen LogP contribution in [-0.2, 0) is 31.3 Å². The first kappa shape index (κ1) is 13.8. The van der Waals surface area contributed by atoms with Crippen LogP contribution < -0.4 is 5.32 Å². The number of rotatable bonds is 8. The van der Waals surface area contributed by atoms with Crippen molar-refractivity contribution in [1.82, 2.24) is 19.7 Å². The number of nitrogens with one attached hydrogen (secondary N) is 1. The summed E-state index contributed by atoms with van der Waals surface area (Å²) < 4.78 is 9.24.